The molecule has 2 aromatic heterocycles. The second-order valence-electron chi connectivity index (χ2n) is 5.98. The molecular formula is C19H15ClFN3O3. The molecule has 4 rings (SSSR count). The number of nitrogens with one attached hydrogen (secondary N) is 1. The van der Waals surface area contributed by atoms with Gasteiger partial charge in [-0.1, -0.05) is 11.6 Å². The summed E-state index contributed by atoms with van der Waals surface area (Å²) < 4.78 is 24.7. The molecule has 0 aliphatic carbocycles. The van der Waals surface area contributed by atoms with Crippen LogP contribution in [0.5, 0.6) is 0 Å². The first kappa shape index (κ1) is 17.4. The maximum absolute atomic E-state index is 13.8. The van der Waals surface area contributed by atoms with Crippen LogP contribution >= 0.6 is 11.6 Å². The van der Waals surface area contributed by atoms with E-state index in [1.807, 2.05) is 0 Å². The van der Waals surface area contributed by atoms with Crippen LogP contribution in [0.1, 0.15) is 24.0 Å². The minimum Gasteiger partial charge on any atom is -0.467 e. The van der Waals surface area contributed by atoms with Crippen molar-refractivity contribution in [3.05, 3.63) is 77.4 Å². The Labute approximate surface area is 159 Å². The minimum absolute atomic E-state index is 0.149. The van der Waals surface area contributed by atoms with Gasteiger partial charge >= 0.3 is 0 Å². The third kappa shape index (κ3) is 3.59. The van der Waals surface area contributed by atoms with Gasteiger partial charge in [0, 0.05) is 11.4 Å². The summed E-state index contributed by atoms with van der Waals surface area (Å²) in [7, 11) is 0. The zero-order chi connectivity index (χ0) is 18.8. The number of nitrogens with zero attached hydrogens (tertiary/aromatic N) is 2. The predicted molar refractivity (Wildman–Crippen MR) is 98.1 cm³/mol. The van der Waals surface area contributed by atoms with Crippen molar-refractivity contribution >= 4 is 28.9 Å². The molecule has 6 nitrogen and oxygen atoms in total. The Morgan fingerprint density at radius 3 is 2.81 bits per heavy atom. The normalized spacial score (nSPS) is 16.4. The second-order valence-corrected chi connectivity index (χ2v) is 6.41. The highest BCUT2D eigenvalue weighted by Gasteiger charge is 2.35. The highest BCUT2D eigenvalue weighted by atomic mass is 35.5. The predicted octanol–water partition coefficient (Wildman–Crippen LogP) is 4.45. The Morgan fingerprint density at radius 1 is 1.26 bits per heavy atom. The quantitative estimate of drug-likeness (QED) is 0.701. The average Bonchev–Trinajstić information content (AvgIpc) is 3.40. The molecule has 0 spiro atoms. The molecule has 0 radical (unpaired) electrons. The van der Waals surface area contributed by atoms with Crippen LogP contribution in [0.25, 0.3) is 0 Å². The van der Waals surface area contributed by atoms with E-state index < -0.39 is 11.9 Å². The van der Waals surface area contributed by atoms with E-state index in [9.17, 15) is 9.18 Å². The van der Waals surface area contributed by atoms with Gasteiger partial charge in [0.05, 0.1) is 24.8 Å². The number of hydrazone groups is 1. The van der Waals surface area contributed by atoms with Crippen molar-refractivity contribution in [1.29, 1.82) is 0 Å². The lowest BCUT2D eigenvalue weighted by molar-refractivity contribution is -0.131. The minimum atomic E-state index is -0.490. The van der Waals surface area contributed by atoms with Crippen molar-refractivity contribution in [2.45, 2.75) is 12.5 Å². The number of benzene rings is 1. The number of hydrogen-bond acceptors (Lipinski definition) is 5. The number of amides is 1. The Kier molecular flexibility index (Phi) is 4.68. The molecule has 3 aromatic rings. The van der Waals surface area contributed by atoms with Crippen molar-refractivity contribution in [3.8, 4) is 0 Å². The summed E-state index contributed by atoms with van der Waals surface area (Å²) in [5.41, 5.74) is 0.795. The lowest BCUT2D eigenvalue weighted by Crippen LogP contribution is -2.32. The fourth-order valence-corrected chi connectivity index (χ4v) is 3.09. The lowest BCUT2D eigenvalue weighted by Gasteiger charge is -2.20. The molecule has 1 aliphatic heterocycles. The summed E-state index contributed by atoms with van der Waals surface area (Å²) in [6, 6.07) is 10.8. The molecule has 1 atom stereocenters. The van der Waals surface area contributed by atoms with Crippen LogP contribution in [0.4, 0.5) is 10.1 Å². The van der Waals surface area contributed by atoms with Crippen LogP contribution < -0.4 is 5.32 Å². The van der Waals surface area contributed by atoms with Crippen LogP contribution in [-0.4, -0.2) is 23.2 Å². The van der Waals surface area contributed by atoms with E-state index in [4.69, 9.17) is 20.4 Å². The zero-order valence-electron chi connectivity index (χ0n) is 14.1. The molecule has 8 heteroatoms. The van der Waals surface area contributed by atoms with Gasteiger partial charge in [0.1, 0.15) is 29.1 Å². The molecule has 1 unspecified atom stereocenters. The Bertz CT molecular complexity index is 970. The van der Waals surface area contributed by atoms with Gasteiger partial charge in [-0.05, 0) is 42.5 Å². The SMILES string of the molecule is O=C(CNc1cc(Cl)ccc1F)N1N=C(c2ccco2)CC1c1ccco1. The van der Waals surface area contributed by atoms with Crippen LogP contribution in [0.2, 0.25) is 5.02 Å². The largest absolute Gasteiger partial charge is 0.467 e. The number of anilines is 1. The van der Waals surface area contributed by atoms with Crippen molar-refractivity contribution in [2.24, 2.45) is 5.10 Å². The molecule has 138 valence electrons. The topological polar surface area (TPSA) is 71.0 Å². The molecule has 1 aliphatic rings. The molecule has 0 bridgehead atoms. The van der Waals surface area contributed by atoms with Gasteiger partial charge < -0.3 is 14.2 Å². The highest BCUT2D eigenvalue weighted by Crippen LogP contribution is 2.33. The molecule has 1 N–H and O–H groups in total. The van der Waals surface area contributed by atoms with Gasteiger partial charge in [-0.3, -0.25) is 4.79 Å². The maximum atomic E-state index is 13.8. The number of rotatable bonds is 5. The fourth-order valence-electron chi connectivity index (χ4n) is 2.92. The summed E-state index contributed by atoms with van der Waals surface area (Å²) in [5.74, 6) is 0.381. The van der Waals surface area contributed by atoms with Crippen molar-refractivity contribution in [1.82, 2.24) is 5.01 Å². The van der Waals surface area contributed by atoms with E-state index >= 15 is 0 Å². The number of carbonyl (C=O) groups excluding carboxylic acids is 1. The van der Waals surface area contributed by atoms with Gasteiger partial charge in [-0.15, -0.1) is 0 Å². The first-order valence-corrected chi connectivity index (χ1v) is 8.65. The van der Waals surface area contributed by atoms with Crippen molar-refractivity contribution in [3.63, 3.8) is 0 Å². The number of furan rings is 2. The van der Waals surface area contributed by atoms with E-state index in [1.54, 1.807) is 36.8 Å². The third-order valence-electron chi connectivity index (χ3n) is 4.20. The van der Waals surface area contributed by atoms with E-state index in [0.29, 0.717) is 28.7 Å². The first-order chi connectivity index (χ1) is 13.1. The number of carbonyl (C=O) groups is 1. The molecule has 0 fully saturated rings. The van der Waals surface area contributed by atoms with Crippen molar-refractivity contribution < 1.29 is 18.0 Å². The van der Waals surface area contributed by atoms with Crippen LogP contribution in [0.15, 0.2) is 68.9 Å². The third-order valence-corrected chi connectivity index (χ3v) is 4.44. The Hall–Kier alpha value is -3.06. The zero-order valence-corrected chi connectivity index (χ0v) is 14.8. The standard InChI is InChI=1S/C19H15ClFN3O3/c20-12-5-6-13(21)14(9-12)22-11-19(25)24-16(18-4-2-8-27-18)10-15(23-24)17-3-1-7-26-17/h1-9,16,22H,10-11H2. The molecule has 3 heterocycles. The monoisotopic (exact) mass is 387 g/mol. The van der Waals surface area contributed by atoms with E-state index in [1.165, 1.54) is 23.2 Å². The van der Waals surface area contributed by atoms with Gasteiger partial charge in [-0.25, -0.2) is 9.40 Å². The number of halogens is 2. The molecule has 1 amide bonds. The summed E-state index contributed by atoms with van der Waals surface area (Å²) >= 11 is 5.88. The lowest BCUT2D eigenvalue weighted by atomic mass is 10.1. The fraction of sp³-hybridized carbons (Fsp3) is 0.158. The first-order valence-electron chi connectivity index (χ1n) is 8.27. The summed E-state index contributed by atoms with van der Waals surface area (Å²) in [4.78, 5) is 12.8. The smallest absolute Gasteiger partial charge is 0.262 e. The molecule has 27 heavy (non-hydrogen) atoms. The molecule has 1 aromatic carbocycles. The van der Waals surface area contributed by atoms with Crippen LogP contribution in [0, 0.1) is 5.82 Å². The van der Waals surface area contributed by atoms with Gasteiger partial charge in [0.25, 0.3) is 5.91 Å². The Balaban J connectivity index is 1.54. The molecular weight excluding hydrogens is 373 g/mol. The summed E-state index contributed by atoms with van der Waals surface area (Å²) in [5, 5.41) is 8.89. The maximum Gasteiger partial charge on any atom is 0.262 e. The van der Waals surface area contributed by atoms with E-state index in [-0.39, 0.29) is 18.1 Å². The van der Waals surface area contributed by atoms with Gasteiger partial charge in [-0.2, -0.15) is 5.10 Å². The van der Waals surface area contributed by atoms with Gasteiger partial charge in [0.15, 0.2) is 0 Å². The van der Waals surface area contributed by atoms with Gasteiger partial charge in [0.2, 0.25) is 0 Å². The number of hydrogen-bond donors (Lipinski definition) is 1. The summed E-state index contributed by atoms with van der Waals surface area (Å²) in [6.07, 6.45) is 3.55. The summed E-state index contributed by atoms with van der Waals surface area (Å²) in [6.45, 7) is -0.149. The molecule has 0 saturated carbocycles. The van der Waals surface area contributed by atoms with E-state index in [0.717, 1.165) is 0 Å². The second kappa shape index (κ2) is 7.28. The van der Waals surface area contributed by atoms with Crippen molar-refractivity contribution in [2.75, 3.05) is 11.9 Å². The Morgan fingerprint density at radius 2 is 2.07 bits per heavy atom. The van der Waals surface area contributed by atoms with E-state index in [2.05, 4.69) is 10.4 Å². The van der Waals surface area contributed by atoms with Crippen LogP contribution in [0.3, 0.4) is 0 Å². The highest BCUT2D eigenvalue weighted by molar-refractivity contribution is 6.30. The van der Waals surface area contributed by atoms with Crippen LogP contribution in [-0.2, 0) is 4.79 Å². The average molecular weight is 388 g/mol. The molecule has 0 saturated heterocycles.